The van der Waals surface area contributed by atoms with Crippen LogP contribution in [-0.4, -0.2) is 42.3 Å². The van der Waals surface area contributed by atoms with Gasteiger partial charge in [0, 0.05) is 48.5 Å². The van der Waals surface area contributed by atoms with Gasteiger partial charge in [-0.1, -0.05) is 23.0 Å². The molecular weight excluding hydrogens is 409 g/mol. The highest BCUT2D eigenvalue weighted by atomic mass is 32.2. The number of rotatable bonds is 7. The number of methoxy groups -OCH3 is 1. The Morgan fingerprint density at radius 2 is 1.97 bits per heavy atom. The summed E-state index contributed by atoms with van der Waals surface area (Å²) in [5, 5.41) is 21.4. The summed E-state index contributed by atoms with van der Waals surface area (Å²) >= 11 is 1.34. The molecule has 1 saturated heterocycles. The molecule has 0 radical (unpaired) electrons. The third kappa shape index (κ3) is 5.00. The Morgan fingerprint density at radius 1 is 1.23 bits per heavy atom. The summed E-state index contributed by atoms with van der Waals surface area (Å²) in [5.74, 6) is -1.35. The van der Waals surface area contributed by atoms with Crippen molar-refractivity contribution in [3.63, 3.8) is 0 Å². The molecule has 1 aliphatic rings. The van der Waals surface area contributed by atoms with Crippen LogP contribution in [-0.2, 0) is 26.3 Å². The number of halogens is 1. The Hall–Kier alpha value is -2.42. The molecule has 0 atom stereocenters. The first-order valence-corrected chi connectivity index (χ1v) is 10.3. The molecule has 0 saturated carbocycles. The van der Waals surface area contributed by atoms with Gasteiger partial charge in [0.15, 0.2) is 0 Å². The van der Waals surface area contributed by atoms with Gasteiger partial charge in [0.1, 0.15) is 5.82 Å². The Morgan fingerprint density at radius 3 is 2.60 bits per heavy atom. The molecular formula is C22H24FNO5S. The van der Waals surface area contributed by atoms with Crippen LogP contribution in [0.5, 0.6) is 0 Å². The number of ether oxygens (including phenoxy) is 2. The normalized spacial score (nSPS) is 16.4. The topological polar surface area (TPSA) is 88.4 Å². The molecule has 6 nitrogen and oxygen atoms in total. The smallest absolute Gasteiger partial charge is 0.307 e. The maximum absolute atomic E-state index is 14.4. The molecule has 0 unspecified atom stereocenters. The van der Waals surface area contributed by atoms with E-state index in [2.05, 4.69) is 5.16 Å². The Kier molecular flexibility index (Phi) is 7.12. The molecule has 0 bridgehead atoms. The van der Waals surface area contributed by atoms with Gasteiger partial charge in [-0.05, 0) is 48.4 Å². The van der Waals surface area contributed by atoms with Crippen LogP contribution in [0.2, 0.25) is 0 Å². The Bertz CT molecular complexity index is 957. The van der Waals surface area contributed by atoms with E-state index in [1.807, 2.05) is 6.07 Å². The first-order chi connectivity index (χ1) is 14.4. The van der Waals surface area contributed by atoms with Crippen molar-refractivity contribution in [1.82, 2.24) is 0 Å². The van der Waals surface area contributed by atoms with Crippen LogP contribution in [0.15, 0.2) is 51.3 Å². The van der Waals surface area contributed by atoms with E-state index in [1.165, 1.54) is 23.9 Å². The molecule has 2 N–H and O–H groups in total. The average molecular weight is 434 g/mol. The number of hydrogen-bond donors (Lipinski definition) is 2. The van der Waals surface area contributed by atoms with E-state index < -0.39 is 11.6 Å². The van der Waals surface area contributed by atoms with Gasteiger partial charge >= 0.3 is 5.97 Å². The standard InChI is InChI=1S/C22H24FNO5S/c1-14(24-27)20-4-3-18(9-15(20)10-21(25)26)30-19-12-16(11-17(23)13-19)22(28-2)5-7-29-8-6-22/h3-4,9,11-13,27H,5-8,10H2,1-2H3,(H,25,26)/b24-14+. The fourth-order valence-corrected chi connectivity index (χ4v) is 4.65. The minimum absolute atomic E-state index is 0.211. The minimum Gasteiger partial charge on any atom is -0.481 e. The number of benzene rings is 2. The zero-order chi connectivity index (χ0) is 21.7. The minimum atomic E-state index is -0.987. The van der Waals surface area contributed by atoms with E-state index in [1.54, 1.807) is 32.2 Å². The number of aliphatic carboxylic acids is 1. The molecule has 160 valence electrons. The lowest BCUT2D eigenvalue weighted by molar-refractivity contribution is -0.136. The summed E-state index contributed by atoms with van der Waals surface area (Å²) in [4.78, 5) is 12.7. The van der Waals surface area contributed by atoms with Gasteiger partial charge in [-0.3, -0.25) is 4.79 Å². The third-order valence-corrected chi connectivity index (χ3v) is 6.24. The maximum atomic E-state index is 14.4. The summed E-state index contributed by atoms with van der Waals surface area (Å²) < 4.78 is 25.7. The van der Waals surface area contributed by atoms with Crippen molar-refractivity contribution in [1.29, 1.82) is 0 Å². The van der Waals surface area contributed by atoms with Gasteiger partial charge in [-0.2, -0.15) is 0 Å². The second kappa shape index (κ2) is 9.59. The number of carbonyl (C=O) groups is 1. The first-order valence-electron chi connectivity index (χ1n) is 9.52. The highest BCUT2D eigenvalue weighted by Gasteiger charge is 2.35. The number of nitrogens with zero attached hydrogens (tertiary/aromatic N) is 1. The van der Waals surface area contributed by atoms with Crippen molar-refractivity contribution >= 4 is 23.4 Å². The zero-order valence-electron chi connectivity index (χ0n) is 16.9. The predicted molar refractivity (Wildman–Crippen MR) is 111 cm³/mol. The molecule has 1 fully saturated rings. The lowest BCUT2D eigenvalue weighted by atomic mass is 9.86. The van der Waals surface area contributed by atoms with Crippen LogP contribution >= 0.6 is 11.8 Å². The SMILES string of the molecule is COC1(c2cc(F)cc(Sc3ccc(/C(C)=N/O)c(CC(=O)O)c3)c2)CCOCC1. The summed E-state index contributed by atoms with van der Waals surface area (Å²) in [6.45, 7) is 2.71. The van der Waals surface area contributed by atoms with Crippen molar-refractivity contribution in [3.05, 3.63) is 58.9 Å². The molecule has 0 amide bonds. The van der Waals surface area contributed by atoms with E-state index in [0.717, 1.165) is 10.5 Å². The Balaban J connectivity index is 1.94. The fraction of sp³-hybridized carbons (Fsp3) is 0.364. The molecule has 0 aliphatic carbocycles. The largest absolute Gasteiger partial charge is 0.481 e. The third-order valence-electron chi connectivity index (χ3n) is 5.28. The van der Waals surface area contributed by atoms with Crippen LogP contribution < -0.4 is 0 Å². The van der Waals surface area contributed by atoms with Gasteiger partial charge in [0.2, 0.25) is 0 Å². The van der Waals surface area contributed by atoms with E-state index >= 15 is 0 Å². The number of oxime groups is 1. The molecule has 0 aromatic heterocycles. The van der Waals surface area contributed by atoms with Crippen molar-refractivity contribution in [3.8, 4) is 0 Å². The number of carboxylic acids is 1. The quantitative estimate of drug-likeness (QED) is 0.381. The van der Waals surface area contributed by atoms with Gasteiger partial charge in [0.25, 0.3) is 0 Å². The van der Waals surface area contributed by atoms with Crippen molar-refractivity contribution in [2.24, 2.45) is 5.16 Å². The first kappa shape index (κ1) is 22.3. The summed E-state index contributed by atoms with van der Waals surface area (Å²) in [5.41, 5.74) is 1.60. The van der Waals surface area contributed by atoms with Gasteiger partial charge < -0.3 is 19.8 Å². The van der Waals surface area contributed by atoms with Gasteiger partial charge in [-0.25, -0.2) is 4.39 Å². The highest BCUT2D eigenvalue weighted by molar-refractivity contribution is 7.99. The van der Waals surface area contributed by atoms with E-state index in [9.17, 15) is 14.3 Å². The molecule has 2 aromatic rings. The second-order valence-electron chi connectivity index (χ2n) is 7.16. The summed E-state index contributed by atoms with van der Waals surface area (Å²) in [6, 6.07) is 10.1. The molecule has 1 aliphatic heterocycles. The van der Waals surface area contributed by atoms with Crippen molar-refractivity contribution in [2.45, 2.75) is 41.6 Å². The second-order valence-corrected chi connectivity index (χ2v) is 8.31. The van der Waals surface area contributed by atoms with Crippen LogP contribution in [0.4, 0.5) is 4.39 Å². The van der Waals surface area contributed by atoms with Crippen molar-refractivity contribution in [2.75, 3.05) is 20.3 Å². The number of carboxylic acid groups (broad SMARTS) is 1. The molecule has 8 heteroatoms. The molecule has 30 heavy (non-hydrogen) atoms. The monoisotopic (exact) mass is 433 g/mol. The van der Waals surface area contributed by atoms with E-state index in [-0.39, 0.29) is 12.2 Å². The lowest BCUT2D eigenvalue weighted by Crippen LogP contribution is -2.35. The van der Waals surface area contributed by atoms with Crippen molar-refractivity contribution < 1.29 is 29.0 Å². The van der Waals surface area contributed by atoms with Crippen LogP contribution in [0.1, 0.15) is 36.5 Å². The van der Waals surface area contributed by atoms with Gasteiger partial charge in [-0.15, -0.1) is 0 Å². The van der Waals surface area contributed by atoms with Crippen LogP contribution in [0.3, 0.4) is 0 Å². The van der Waals surface area contributed by atoms with E-state index in [4.69, 9.17) is 14.7 Å². The van der Waals surface area contributed by atoms with Gasteiger partial charge in [0.05, 0.1) is 17.7 Å². The maximum Gasteiger partial charge on any atom is 0.307 e. The van der Waals surface area contributed by atoms with E-state index in [0.29, 0.717) is 47.8 Å². The average Bonchev–Trinajstić information content (AvgIpc) is 2.73. The van der Waals surface area contributed by atoms with Crippen LogP contribution in [0, 0.1) is 5.82 Å². The fourth-order valence-electron chi connectivity index (χ4n) is 3.68. The molecule has 1 heterocycles. The molecule has 0 spiro atoms. The summed E-state index contributed by atoms with van der Waals surface area (Å²) in [7, 11) is 1.63. The zero-order valence-corrected chi connectivity index (χ0v) is 17.7. The Labute approximate surface area is 178 Å². The molecule has 3 rings (SSSR count). The summed E-state index contributed by atoms with van der Waals surface area (Å²) in [6.07, 6.45) is 1.08. The molecule has 2 aromatic carbocycles. The number of hydrogen-bond acceptors (Lipinski definition) is 6. The van der Waals surface area contributed by atoms with Crippen LogP contribution in [0.25, 0.3) is 0 Å². The predicted octanol–water partition coefficient (Wildman–Crippen LogP) is 4.45. The lowest BCUT2D eigenvalue weighted by Gasteiger charge is -2.36. The highest BCUT2D eigenvalue weighted by Crippen LogP contribution is 2.39.